The standard InChI is InChI=1S/C20H21ClN6O3S/c1-22-18(29)12-3-2-8-26(9-12)20-25-17-16(31-20)19(30)27(11-23-17)10-15(28)24-14-6-4-13(21)5-7-14/h4-7,11-12H,2-3,8-10H2,1H3,(H,22,29)(H,24,28). The van der Waals surface area contributed by atoms with E-state index in [1.807, 2.05) is 4.90 Å². The number of aromatic nitrogens is 3. The Balaban J connectivity index is 1.51. The minimum atomic E-state index is -0.347. The van der Waals surface area contributed by atoms with Crippen LogP contribution in [0.25, 0.3) is 10.3 Å². The Labute approximate surface area is 187 Å². The van der Waals surface area contributed by atoms with Gasteiger partial charge in [-0.25, -0.2) is 4.98 Å². The number of thiazole rings is 1. The molecule has 3 aromatic rings. The summed E-state index contributed by atoms with van der Waals surface area (Å²) in [6, 6.07) is 6.71. The van der Waals surface area contributed by atoms with Crippen molar-refractivity contribution in [2.45, 2.75) is 19.4 Å². The topological polar surface area (TPSA) is 109 Å². The normalized spacial score (nSPS) is 16.3. The van der Waals surface area contributed by atoms with Crippen LogP contribution in [0.15, 0.2) is 35.4 Å². The average molecular weight is 461 g/mol. The van der Waals surface area contributed by atoms with Gasteiger partial charge >= 0.3 is 0 Å². The van der Waals surface area contributed by atoms with Crippen LogP contribution in [0.5, 0.6) is 0 Å². The maximum absolute atomic E-state index is 12.9. The predicted molar refractivity (Wildman–Crippen MR) is 121 cm³/mol. The summed E-state index contributed by atoms with van der Waals surface area (Å²) in [6.07, 6.45) is 3.03. The predicted octanol–water partition coefficient (Wildman–Crippen LogP) is 2.11. The first-order valence-corrected chi connectivity index (χ1v) is 11.0. The van der Waals surface area contributed by atoms with Crippen LogP contribution in [-0.4, -0.2) is 46.5 Å². The van der Waals surface area contributed by atoms with E-state index in [4.69, 9.17) is 11.6 Å². The second-order valence-electron chi connectivity index (χ2n) is 7.28. The van der Waals surface area contributed by atoms with Crippen molar-refractivity contribution >= 4 is 55.9 Å². The number of fused-ring (bicyclic) bond motifs is 1. The van der Waals surface area contributed by atoms with E-state index in [1.54, 1.807) is 31.3 Å². The summed E-state index contributed by atoms with van der Waals surface area (Å²) in [5, 5.41) is 6.66. The number of nitrogens with zero attached hydrogens (tertiary/aromatic N) is 4. The SMILES string of the molecule is CNC(=O)C1CCCN(c2nc3ncn(CC(=O)Nc4ccc(Cl)cc4)c(=O)c3s2)C1. The Morgan fingerprint density at radius 1 is 1.29 bits per heavy atom. The van der Waals surface area contributed by atoms with Crippen LogP contribution in [0.4, 0.5) is 10.8 Å². The van der Waals surface area contributed by atoms with Gasteiger partial charge in [-0.3, -0.25) is 19.0 Å². The zero-order valence-electron chi connectivity index (χ0n) is 16.8. The molecule has 11 heteroatoms. The molecule has 1 unspecified atom stereocenters. The van der Waals surface area contributed by atoms with Crippen LogP contribution in [-0.2, 0) is 16.1 Å². The first-order chi connectivity index (χ1) is 14.9. The molecule has 0 bridgehead atoms. The van der Waals surface area contributed by atoms with Crippen LogP contribution in [0, 0.1) is 5.92 Å². The van der Waals surface area contributed by atoms with Gasteiger partial charge in [-0.2, -0.15) is 4.98 Å². The van der Waals surface area contributed by atoms with Crippen molar-refractivity contribution in [1.29, 1.82) is 0 Å². The Morgan fingerprint density at radius 2 is 2.06 bits per heavy atom. The first-order valence-electron chi connectivity index (χ1n) is 9.82. The van der Waals surface area contributed by atoms with E-state index >= 15 is 0 Å². The zero-order valence-corrected chi connectivity index (χ0v) is 18.4. The summed E-state index contributed by atoms with van der Waals surface area (Å²) in [5.41, 5.74) is 0.619. The van der Waals surface area contributed by atoms with Crippen LogP contribution in [0.3, 0.4) is 0 Å². The summed E-state index contributed by atoms with van der Waals surface area (Å²) < 4.78 is 1.65. The molecule has 3 heterocycles. The lowest BCUT2D eigenvalue weighted by molar-refractivity contribution is -0.124. The molecule has 162 valence electrons. The number of anilines is 2. The van der Waals surface area contributed by atoms with E-state index in [0.717, 1.165) is 19.4 Å². The number of benzene rings is 1. The number of hydrogen-bond donors (Lipinski definition) is 2. The van der Waals surface area contributed by atoms with E-state index in [2.05, 4.69) is 20.6 Å². The van der Waals surface area contributed by atoms with Crippen molar-refractivity contribution in [1.82, 2.24) is 19.9 Å². The number of nitrogens with one attached hydrogen (secondary N) is 2. The molecule has 9 nitrogen and oxygen atoms in total. The van der Waals surface area contributed by atoms with Crippen LogP contribution in [0.2, 0.25) is 5.02 Å². The van der Waals surface area contributed by atoms with Crippen molar-refractivity contribution in [3.8, 4) is 0 Å². The van der Waals surface area contributed by atoms with Crippen molar-refractivity contribution in [3.05, 3.63) is 46.0 Å². The average Bonchev–Trinajstić information content (AvgIpc) is 3.22. The summed E-state index contributed by atoms with van der Waals surface area (Å²) in [5.74, 6) is -0.440. The number of rotatable bonds is 5. The monoisotopic (exact) mass is 460 g/mol. The number of hydrogen-bond acceptors (Lipinski definition) is 7. The molecule has 0 spiro atoms. The highest BCUT2D eigenvalue weighted by molar-refractivity contribution is 7.22. The molecule has 0 radical (unpaired) electrons. The van der Waals surface area contributed by atoms with Gasteiger partial charge in [-0.1, -0.05) is 22.9 Å². The summed E-state index contributed by atoms with van der Waals surface area (Å²) >= 11 is 7.09. The molecule has 0 saturated carbocycles. The van der Waals surface area contributed by atoms with Crippen LogP contribution < -0.4 is 21.1 Å². The minimum absolute atomic E-state index is 0.0120. The van der Waals surface area contributed by atoms with Crippen LogP contribution in [0.1, 0.15) is 12.8 Å². The maximum atomic E-state index is 12.9. The lowest BCUT2D eigenvalue weighted by atomic mass is 9.98. The fourth-order valence-corrected chi connectivity index (χ4v) is 4.67. The fraction of sp³-hybridized carbons (Fsp3) is 0.350. The number of amides is 2. The highest BCUT2D eigenvalue weighted by atomic mass is 35.5. The molecule has 31 heavy (non-hydrogen) atoms. The molecule has 4 rings (SSSR count). The third-order valence-corrected chi connectivity index (χ3v) is 6.47. The van der Waals surface area contributed by atoms with E-state index in [-0.39, 0.29) is 29.8 Å². The lowest BCUT2D eigenvalue weighted by Gasteiger charge is -2.31. The Hall–Kier alpha value is -2.98. The van der Waals surface area contributed by atoms with Gasteiger partial charge in [-0.05, 0) is 37.1 Å². The van der Waals surface area contributed by atoms with Crippen LogP contribution >= 0.6 is 22.9 Å². The molecule has 1 aliphatic heterocycles. The van der Waals surface area contributed by atoms with Gasteiger partial charge in [0.05, 0.1) is 5.92 Å². The van der Waals surface area contributed by atoms with Gasteiger partial charge in [0, 0.05) is 30.8 Å². The Morgan fingerprint density at radius 3 is 2.81 bits per heavy atom. The zero-order chi connectivity index (χ0) is 22.0. The van der Waals surface area contributed by atoms with Crippen molar-refractivity contribution < 1.29 is 9.59 Å². The first kappa shape index (κ1) is 21.3. The summed E-state index contributed by atoms with van der Waals surface area (Å²) in [6.45, 7) is 1.16. The minimum Gasteiger partial charge on any atom is -0.359 e. The summed E-state index contributed by atoms with van der Waals surface area (Å²) in [4.78, 5) is 48.0. The van der Waals surface area contributed by atoms with Gasteiger partial charge in [0.25, 0.3) is 5.56 Å². The third kappa shape index (κ3) is 4.70. The van der Waals surface area contributed by atoms with Gasteiger partial charge in [0.15, 0.2) is 10.8 Å². The highest BCUT2D eigenvalue weighted by Crippen LogP contribution is 2.29. The van der Waals surface area contributed by atoms with Gasteiger partial charge in [0.1, 0.15) is 17.6 Å². The number of halogens is 1. The fourth-order valence-electron chi connectivity index (χ4n) is 3.54. The Bertz CT molecular complexity index is 1180. The van der Waals surface area contributed by atoms with Crippen molar-refractivity contribution in [2.24, 2.45) is 5.92 Å². The van der Waals surface area contributed by atoms with Gasteiger partial charge < -0.3 is 15.5 Å². The van der Waals surface area contributed by atoms with E-state index < -0.39 is 0 Å². The summed E-state index contributed by atoms with van der Waals surface area (Å²) in [7, 11) is 1.63. The Kier molecular flexibility index (Phi) is 6.19. The van der Waals surface area contributed by atoms with Crippen molar-refractivity contribution in [3.63, 3.8) is 0 Å². The molecule has 2 amide bonds. The second kappa shape index (κ2) is 9.03. The number of carbonyl (C=O) groups excluding carboxylic acids is 2. The molecule has 1 aromatic carbocycles. The quantitative estimate of drug-likeness (QED) is 0.603. The van der Waals surface area contributed by atoms with E-state index in [0.29, 0.717) is 32.7 Å². The molecular formula is C20H21ClN6O3S. The molecule has 1 saturated heterocycles. The molecule has 0 aliphatic carbocycles. The molecule has 2 N–H and O–H groups in total. The lowest BCUT2D eigenvalue weighted by Crippen LogP contribution is -2.42. The molecule has 1 fully saturated rings. The van der Waals surface area contributed by atoms with E-state index in [1.165, 1.54) is 22.2 Å². The molecular weight excluding hydrogens is 440 g/mol. The molecule has 2 aromatic heterocycles. The smallest absolute Gasteiger partial charge is 0.273 e. The maximum Gasteiger partial charge on any atom is 0.273 e. The third-order valence-electron chi connectivity index (χ3n) is 5.12. The number of carbonyl (C=O) groups is 2. The molecule has 1 atom stereocenters. The van der Waals surface area contributed by atoms with Gasteiger partial charge in [0.2, 0.25) is 11.8 Å². The number of piperidine rings is 1. The molecule has 1 aliphatic rings. The van der Waals surface area contributed by atoms with Gasteiger partial charge in [-0.15, -0.1) is 0 Å². The highest BCUT2D eigenvalue weighted by Gasteiger charge is 2.27. The van der Waals surface area contributed by atoms with Crippen molar-refractivity contribution in [2.75, 3.05) is 30.4 Å². The second-order valence-corrected chi connectivity index (χ2v) is 8.70. The van der Waals surface area contributed by atoms with E-state index in [9.17, 15) is 14.4 Å². The largest absolute Gasteiger partial charge is 0.359 e.